The Hall–Kier alpha value is 1.60. The van der Waals surface area contributed by atoms with Crippen LogP contribution in [0.5, 0.6) is 0 Å². The van der Waals surface area contributed by atoms with E-state index in [-0.39, 0.29) is 74.4 Å². The van der Waals surface area contributed by atoms with Gasteiger partial charge in [0.15, 0.2) is 0 Å². The average Bonchev–Trinajstić information content (AvgIpc) is 0.811. The first-order valence-corrected chi connectivity index (χ1v) is 0.548. The molecule has 0 aromatic heterocycles. The summed E-state index contributed by atoms with van der Waals surface area (Å²) in [6, 6.07) is 0. The van der Waals surface area contributed by atoms with E-state index in [9.17, 15) is 0 Å². The van der Waals surface area contributed by atoms with Crippen molar-refractivity contribution >= 4 is 23.1 Å². The summed E-state index contributed by atoms with van der Waals surface area (Å²) in [5.41, 5.74) is 0. The monoisotopic (exact) mass is 125 g/mol. The van der Waals surface area contributed by atoms with Crippen LogP contribution in [0.2, 0.25) is 0 Å². The Morgan fingerprint density at radius 1 is 1.33 bits per heavy atom. The Morgan fingerprint density at radius 3 is 1.33 bits per heavy atom. The number of nitrogens with zero attached hydrogens (tertiary/aromatic N) is 1. The maximum atomic E-state index is 8.25. The molecule has 0 spiro atoms. The van der Waals surface area contributed by atoms with Crippen molar-refractivity contribution in [2.75, 3.05) is 0 Å². The summed E-state index contributed by atoms with van der Waals surface area (Å²) >= 11 is 0. The second-order valence-corrected chi connectivity index (χ2v) is 0.224. The molecule has 0 radical (unpaired) electrons. The molecule has 0 aromatic carbocycles. The fourth-order valence-corrected chi connectivity index (χ4v) is 0. The molecule has 4 nitrogen and oxygen atoms in total. The van der Waals surface area contributed by atoms with Crippen LogP contribution in [-0.2, 0) is 0 Å². The van der Waals surface area contributed by atoms with Crippen molar-refractivity contribution in [3.05, 3.63) is 15.3 Å². The second-order valence-electron chi connectivity index (χ2n) is 0.224. The minimum absolute atomic E-state index is 0. The molecule has 0 aromatic rings. The molecule has 0 saturated heterocycles. The van der Waals surface area contributed by atoms with E-state index in [1.54, 1.807) is 0 Å². The first kappa shape index (κ1) is 15.6. The van der Waals surface area contributed by atoms with Gasteiger partial charge in [0.25, 0.3) is 0 Å². The second kappa shape index (κ2) is 9.78. The average molecular weight is 125 g/mol. The van der Waals surface area contributed by atoms with Crippen LogP contribution >= 0.6 is 0 Å². The van der Waals surface area contributed by atoms with Gasteiger partial charge in [-0.05, 0) is 0 Å². The SMILES string of the molecule is O=[N+]([O-])[O-].[K+].[Mg+2]. The van der Waals surface area contributed by atoms with Gasteiger partial charge >= 0.3 is 74.4 Å². The predicted octanol–water partition coefficient (Wildman–Crippen LogP) is -3.62. The van der Waals surface area contributed by atoms with Gasteiger partial charge in [0.05, 0.1) is 5.09 Å². The zero-order chi connectivity index (χ0) is 3.58. The van der Waals surface area contributed by atoms with E-state index in [0.29, 0.717) is 0 Å². The molecular formula is KMgNO3+2. The van der Waals surface area contributed by atoms with Gasteiger partial charge < -0.3 is 15.3 Å². The summed E-state index contributed by atoms with van der Waals surface area (Å²) in [4.78, 5) is 8.25. The van der Waals surface area contributed by atoms with E-state index in [0.717, 1.165) is 0 Å². The molecule has 0 rings (SSSR count). The van der Waals surface area contributed by atoms with E-state index in [2.05, 4.69) is 0 Å². The molecule has 0 saturated carbocycles. The molecule has 0 aliphatic heterocycles. The molecule has 0 atom stereocenters. The summed E-state index contributed by atoms with van der Waals surface area (Å²) < 4.78 is 0. The molecule has 0 amide bonds. The molecule has 24 valence electrons. The third-order valence-electron chi connectivity index (χ3n) is 0. The Labute approximate surface area is 93.0 Å². The van der Waals surface area contributed by atoms with Gasteiger partial charge in [-0.1, -0.05) is 0 Å². The fourth-order valence-electron chi connectivity index (χ4n) is 0. The van der Waals surface area contributed by atoms with Crippen molar-refractivity contribution in [1.82, 2.24) is 0 Å². The molecule has 0 unspecified atom stereocenters. The van der Waals surface area contributed by atoms with Crippen LogP contribution in [0, 0.1) is 15.3 Å². The van der Waals surface area contributed by atoms with Crippen LogP contribution in [0.1, 0.15) is 0 Å². The van der Waals surface area contributed by atoms with Gasteiger partial charge in [0.2, 0.25) is 0 Å². The van der Waals surface area contributed by atoms with Crippen LogP contribution in [0.15, 0.2) is 0 Å². The van der Waals surface area contributed by atoms with E-state index >= 15 is 0 Å². The van der Waals surface area contributed by atoms with Crippen LogP contribution in [-0.4, -0.2) is 28.1 Å². The van der Waals surface area contributed by atoms with Crippen molar-refractivity contribution in [1.29, 1.82) is 0 Å². The van der Waals surface area contributed by atoms with Crippen LogP contribution in [0.4, 0.5) is 0 Å². The molecule has 6 heavy (non-hydrogen) atoms. The predicted molar refractivity (Wildman–Crippen MR) is 16.1 cm³/mol. The van der Waals surface area contributed by atoms with Crippen LogP contribution in [0.25, 0.3) is 0 Å². The Kier molecular flexibility index (Phi) is 25.5. The molecule has 0 heterocycles. The van der Waals surface area contributed by atoms with E-state index in [1.165, 1.54) is 0 Å². The van der Waals surface area contributed by atoms with Gasteiger partial charge in [-0.25, -0.2) is 0 Å². The number of rotatable bonds is 0. The van der Waals surface area contributed by atoms with Crippen LogP contribution < -0.4 is 51.4 Å². The zero-order valence-corrected chi connectivity index (χ0v) is 7.92. The van der Waals surface area contributed by atoms with E-state index < -0.39 is 5.09 Å². The summed E-state index contributed by atoms with van der Waals surface area (Å²) in [5, 5.41) is 14.8. The molecule has 6 heteroatoms. The van der Waals surface area contributed by atoms with Gasteiger partial charge in [0, 0.05) is 0 Å². The van der Waals surface area contributed by atoms with Gasteiger partial charge in [0.1, 0.15) is 0 Å². The largest absolute Gasteiger partial charge is 2.00 e. The van der Waals surface area contributed by atoms with Crippen molar-refractivity contribution in [2.45, 2.75) is 0 Å². The maximum absolute atomic E-state index is 8.25. The van der Waals surface area contributed by atoms with Crippen molar-refractivity contribution < 1.29 is 56.5 Å². The Bertz CT molecular complexity index is 33.8. The van der Waals surface area contributed by atoms with Crippen molar-refractivity contribution in [3.63, 3.8) is 0 Å². The van der Waals surface area contributed by atoms with Crippen molar-refractivity contribution in [2.24, 2.45) is 0 Å². The zero-order valence-electron chi connectivity index (χ0n) is 3.38. The Balaban J connectivity index is -0.0000000450. The minimum Gasteiger partial charge on any atom is -0.356 e. The molecule has 0 aliphatic rings. The smallest absolute Gasteiger partial charge is 0.356 e. The van der Waals surface area contributed by atoms with Gasteiger partial charge in [-0.3, -0.25) is 0 Å². The standard InChI is InChI=1S/K.Mg.NO3/c;;2-1(3)4/q+1;+2;-1. The normalized spacial score (nSPS) is 4.00. The van der Waals surface area contributed by atoms with Crippen molar-refractivity contribution in [3.8, 4) is 0 Å². The number of hydrogen-bond donors (Lipinski definition) is 0. The van der Waals surface area contributed by atoms with Gasteiger partial charge in [-0.2, -0.15) is 0 Å². The third-order valence-corrected chi connectivity index (χ3v) is 0. The minimum atomic E-state index is -1.75. The summed E-state index contributed by atoms with van der Waals surface area (Å²) in [5.74, 6) is 0. The first-order valence-electron chi connectivity index (χ1n) is 0.548. The molecule has 0 N–H and O–H groups in total. The van der Waals surface area contributed by atoms with Crippen LogP contribution in [0.3, 0.4) is 0 Å². The molecule has 0 bridgehead atoms. The number of hydrogen-bond acceptors (Lipinski definition) is 3. The first-order chi connectivity index (χ1) is 1.73. The summed E-state index contributed by atoms with van der Waals surface area (Å²) in [6.07, 6.45) is 0. The topological polar surface area (TPSA) is 66.2 Å². The quantitative estimate of drug-likeness (QED) is 0.191. The summed E-state index contributed by atoms with van der Waals surface area (Å²) in [7, 11) is 0. The summed E-state index contributed by atoms with van der Waals surface area (Å²) in [6.45, 7) is 0. The van der Waals surface area contributed by atoms with E-state index in [4.69, 9.17) is 15.3 Å². The maximum Gasteiger partial charge on any atom is 2.00 e. The Morgan fingerprint density at radius 2 is 1.33 bits per heavy atom. The third kappa shape index (κ3) is 46.2. The fraction of sp³-hybridized carbons (Fsp3) is 0. The van der Waals surface area contributed by atoms with E-state index in [1.807, 2.05) is 0 Å². The molecule has 0 aliphatic carbocycles. The molecule has 0 fully saturated rings. The van der Waals surface area contributed by atoms with Gasteiger partial charge in [-0.15, -0.1) is 0 Å². The molecular weight excluding hydrogens is 125 g/mol.